The largest absolute Gasteiger partial charge is 0.493 e. The summed E-state index contributed by atoms with van der Waals surface area (Å²) in [6, 6.07) is 3.68. The van der Waals surface area contributed by atoms with Crippen LogP contribution in [0.5, 0.6) is 11.5 Å². The molecule has 1 aliphatic heterocycles. The van der Waals surface area contributed by atoms with E-state index in [0.29, 0.717) is 41.4 Å². The average Bonchev–Trinajstić information content (AvgIpc) is 2.57. The fourth-order valence-electron chi connectivity index (χ4n) is 2.97. The molecular weight excluding hydrogens is 310 g/mol. The van der Waals surface area contributed by atoms with Gasteiger partial charge in [0.2, 0.25) is 0 Å². The van der Waals surface area contributed by atoms with E-state index in [1.54, 1.807) is 26.4 Å². The molecule has 2 atom stereocenters. The lowest BCUT2D eigenvalue weighted by atomic mass is 10.2. The fourth-order valence-corrected chi connectivity index (χ4v) is 2.97. The van der Waals surface area contributed by atoms with E-state index in [1.165, 1.54) is 0 Å². The van der Waals surface area contributed by atoms with Crippen LogP contribution in [0, 0.1) is 0 Å². The molecule has 1 aromatic heterocycles. The van der Waals surface area contributed by atoms with Gasteiger partial charge in [-0.15, -0.1) is 0 Å². The summed E-state index contributed by atoms with van der Waals surface area (Å²) in [7, 11) is 3.11. The van der Waals surface area contributed by atoms with Gasteiger partial charge < -0.3 is 19.2 Å². The molecule has 0 bridgehead atoms. The number of aromatic nitrogens is 2. The summed E-state index contributed by atoms with van der Waals surface area (Å²) in [5, 5.41) is 0.486. The molecule has 1 N–H and O–H groups in total. The number of nitrogens with one attached hydrogen (secondary N) is 1. The van der Waals surface area contributed by atoms with Gasteiger partial charge in [-0.2, -0.15) is 0 Å². The Bertz CT molecular complexity index is 789. The fraction of sp³-hybridized carbons (Fsp3) is 0.529. The molecule has 1 aromatic carbocycles. The van der Waals surface area contributed by atoms with Crippen LogP contribution in [0.4, 0.5) is 0 Å². The smallest absolute Gasteiger partial charge is 0.258 e. The summed E-state index contributed by atoms with van der Waals surface area (Å²) >= 11 is 0. The maximum Gasteiger partial charge on any atom is 0.258 e. The standard InChI is InChI=1S/C17H23N3O4/c1-10-9-24-11(2)7-20(10)8-16-18-13-6-15(23-4)14(22-3)5-12(13)17(21)19-16/h5-6,10-11H,7-9H2,1-4H3,(H,18,19,21)/t10-,11-/m1/s1. The summed E-state index contributed by atoms with van der Waals surface area (Å²) in [6.45, 7) is 6.23. The number of rotatable bonds is 4. The minimum atomic E-state index is -0.176. The highest BCUT2D eigenvalue weighted by atomic mass is 16.5. The van der Waals surface area contributed by atoms with E-state index in [1.807, 2.05) is 6.92 Å². The van der Waals surface area contributed by atoms with Crippen LogP contribution >= 0.6 is 0 Å². The number of aromatic amines is 1. The molecule has 2 aromatic rings. The first-order valence-electron chi connectivity index (χ1n) is 8.02. The normalized spacial score (nSPS) is 21.8. The Morgan fingerprint density at radius 3 is 2.71 bits per heavy atom. The number of ether oxygens (including phenoxy) is 3. The number of H-pyrrole nitrogens is 1. The van der Waals surface area contributed by atoms with Gasteiger partial charge in [0, 0.05) is 18.7 Å². The Morgan fingerprint density at radius 1 is 1.29 bits per heavy atom. The second-order valence-electron chi connectivity index (χ2n) is 6.16. The highest BCUT2D eigenvalue weighted by Crippen LogP contribution is 2.30. The van der Waals surface area contributed by atoms with Crippen molar-refractivity contribution in [3.05, 3.63) is 28.3 Å². The number of nitrogens with zero attached hydrogens (tertiary/aromatic N) is 2. The number of fused-ring (bicyclic) bond motifs is 1. The molecule has 0 radical (unpaired) electrons. The van der Waals surface area contributed by atoms with Crippen molar-refractivity contribution < 1.29 is 14.2 Å². The zero-order valence-electron chi connectivity index (χ0n) is 14.5. The van der Waals surface area contributed by atoms with E-state index >= 15 is 0 Å². The van der Waals surface area contributed by atoms with E-state index in [2.05, 4.69) is 21.8 Å². The Kier molecular flexibility index (Phi) is 4.73. The number of methoxy groups -OCH3 is 2. The summed E-state index contributed by atoms with van der Waals surface area (Å²) in [6.07, 6.45) is 0.178. The highest BCUT2D eigenvalue weighted by molar-refractivity contribution is 5.81. The minimum Gasteiger partial charge on any atom is -0.493 e. The molecule has 24 heavy (non-hydrogen) atoms. The third-order valence-electron chi connectivity index (χ3n) is 4.35. The molecule has 1 aliphatic rings. The van der Waals surface area contributed by atoms with Crippen molar-refractivity contribution in [2.75, 3.05) is 27.4 Å². The van der Waals surface area contributed by atoms with Gasteiger partial charge in [-0.3, -0.25) is 9.69 Å². The molecule has 3 rings (SSSR count). The Balaban J connectivity index is 1.96. The zero-order chi connectivity index (χ0) is 17.3. The maximum atomic E-state index is 12.4. The van der Waals surface area contributed by atoms with E-state index < -0.39 is 0 Å². The first kappa shape index (κ1) is 16.7. The number of benzene rings is 1. The van der Waals surface area contributed by atoms with Crippen molar-refractivity contribution in [1.29, 1.82) is 0 Å². The van der Waals surface area contributed by atoms with Gasteiger partial charge >= 0.3 is 0 Å². The van der Waals surface area contributed by atoms with Crippen molar-refractivity contribution in [3.63, 3.8) is 0 Å². The third-order valence-corrected chi connectivity index (χ3v) is 4.35. The topological polar surface area (TPSA) is 76.7 Å². The number of hydrogen-bond acceptors (Lipinski definition) is 6. The second kappa shape index (κ2) is 6.78. The first-order valence-corrected chi connectivity index (χ1v) is 8.02. The quantitative estimate of drug-likeness (QED) is 0.915. The van der Waals surface area contributed by atoms with Crippen LogP contribution in [0.2, 0.25) is 0 Å². The maximum absolute atomic E-state index is 12.4. The van der Waals surface area contributed by atoms with Crippen LogP contribution in [0.25, 0.3) is 10.9 Å². The highest BCUT2D eigenvalue weighted by Gasteiger charge is 2.24. The van der Waals surface area contributed by atoms with Gasteiger partial charge in [0.15, 0.2) is 11.5 Å². The van der Waals surface area contributed by atoms with Crippen molar-refractivity contribution in [3.8, 4) is 11.5 Å². The molecule has 7 nitrogen and oxygen atoms in total. The summed E-state index contributed by atoms with van der Waals surface area (Å²) < 4.78 is 16.2. The molecule has 130 valence electrons. The summed E-state index contributed by atoms with van der Waals surface area (Å²) in [5.74, 6) is 1.71. The van der Waals surface area contributed by atoms with E-state index in [4.69, 9.17) is 14.2 Å². The molecule has 0 unspecified atom stereocenters. The first-order chi connectivity index (χ1) is 11.5. The lowest BCUT2D eigenvalue weighted by molar-refractivity contribution is -0.0534. The van der Waals surface area contributed by atoms with Gasteiger partial charge in [-0.1, -0.05) is 0 Å². The molecule has 1 saturated heterocycles. The summed E-state index contributed by atoms with van der Waals surface area (Å²) in [4.78, 5) is 22.2. The summed E-state index contributed by atoms with van der Waals surface area (Å²) in [5.41, 5.74) is 0.422. The van der Waals surface area contributed by atoms with Crippen LogP contribution in [0.15, 0.2) is 16.9 Å². The van der Waals surface area contributed by atoms with Crippen LogP contribution in [-0.4, -0.2) is 54.4 Å². The van der Waals surface area contributed by atoms with Crippen molar-refractivity contribution in [2.45, 2.75) is 32.5 Å². The van der Waals surface area contributed by atoms with Gasteiger partial charge in [-0.25, -0.2) is 4.98 Å². The molecule has 0 spiro atoms. The molecule has 0 aliphatic carbocycles. The zero-order valence-corrected chi connectivity index (χ0v) is 14.5. The molecule has 7 heteroatoms. The minimum absolute atomic E-state index is 0.176. The molecule has 0 amide bonds. The van der Waals surface area contributed by atoms with Gasteiger partial charge in [0.05, 0.1) is 44.4 Å². The third kappa shape index (κ3) is 3.22. The van der Waals surface area contributed by atoms with E-state index in [-0.39, 0.29) is 17.7 Å². The lowest BCUT2D eigenvalue weighted by Gasteiger charge is -2.36. The average molecular weight is 333 g/mol. The molecular formula is C17H23N3O4. The van der Waals surface area contributed by atoms with Crippen LogP contribution in [-0.2, 0) is 11.3 Å². The Labute approximate surface area is 140 Å². The van der Waals surface area contributed by atoms with Crippen molar-refractivity contribution in [1.82, 2.24) is 14.9 Å². The van der Waals surface area contributed by atoms with Gasteiger partial charge in [-0.05, 0) is 19.9 Å². The molecule has 2 heterocycles. The SMILES string of the molecule is COc1cc2nc(CN3C[C@@H](C)OC[C@H]3C)[nH]c(=O)c2cc1OC. The van der Waals surface area contributed by atoms with Gasteiger partial charge in [0.1, 0.15) is 5.82 Å². The molecule has 0 saturated carbocycles. The van der Waals surface area contributed by atoms with Gasteiger partial charge in [0.25, 0.3) is 5.56 Å². The Hall–Kier alpha value is -2.12. The predicted octanol–water partition coefficient (Wildman–Crippen LogP) is 1.55. The van der Waals surface area contributed by atoms with Crippen LogP contribution in [0.3, 0.4) is 0 Å². The Morgan fingerprint density at radius 2 is 2.00 bits per heavy atom. The van der Waals surface area contributed by atoms with Crippen molar-refractivity contribution in [2.24, 2.45) is 0 Å². The van der Waals surface area contributed by atoms with Crippen LogP contribution < -0.4 is 15.0 Å². The monoisotopic (exact) mass is 333 g/mol. The predicted molar refractivity (Wildman–Crippen MR) is 90.8 cm³/mol. The second-order valence-corrected chi connectivity index (χ2v) is 6.16. The van der Waals surface area contributed by atoms with E-state index in [0.717, 1.165) is 6.54 Å². The molecule has 1 fully saturated rings. The number of hydrogen-bond donors (Lipinski definition) is 1. The number of morpholine rings is 1. The lowest BCUT2D eigenvalue weighted by Crippen LogP contribution is -2.47. The van der Waals surface area contributed by atoms with Crippen molar-refractivity contribution >= 4 is 10.9 Å². The van der Waals surface area contributed by atoms with E-state index in [9.17, 15) is 4.79 Å². The van der Waals surface area contributed by atoms with Crippen LogP contribution in [0.1, 0.15) is 19.7 Å².